The van der Waals surface area contributed by atoms with Gasteiger partial charge in [-0.3, -0.25) is 0 Å². The summed E-state index contributed by atoms with van der Waals surface area (Å²) in [5.74, 6) is -0.367. The van der Waals surface area contributed by atoms with Crippen molar-refractivity contribution in [2.45, 2.75) is 12.8 Å². The Balaban J connectivity index is 2.52. The Kier molecular flexibility index (Phi) is 4.28. The largest absolute Gasteiger partial charge is 0.466 e. The van der Waals surface area contributed by atoms with Crippen LogP contribution in [0.2, 0.25) is 0 Å². The third-order valence-corrected chi connectivity index (χ3v) is 2.27. The Bertz CT molecular complexity index is 426. The average Bonchev–Trinajstić information content (AvgIpc) is 2.35. The number of methoxy groups -OCH3 is 1. The summed E-state index contributed by atoms with van der Waals surface area (Å²) in [6.45, 7) is 3.65. The van der Waals surface area contributed by atoms with E-state index in [4.69, 9.17) is 5.26 Å². The number of aryl methyl sites for hydroxylation is 1. The number of carbonyl (C=O) groups is 1. The fourth-order valence-electron chi connectivity index (χ4n) is 1.29. The minimum absolute atomic E-state index is 0.367. The molecule has 0 atom stereocenters. The van der Waals surface area contributed by atoms with Gasteiger partial charge in [-0.25, -0.2) is 4.79 Å². The molecular weight excluding hydrogens is 202 g/mol. The quantitative estimate of drug-likeness (QED) is 0.571. The summed E-state index contributed by atoms with van der Waals surface area (Å²) in [7, 11) is 1.34. The number of hydrogen-bond acceptors (Lipinski definition) is 3. The van der Waals surface area contributed by atoms with Gasteiger partial charge in [-0.15, -0.1) is 0 Å². The maximum Gasteiger partial charge on any atom is 0.333 e. The van der Waals surface area contributed by atoms with Gasteiger partial charge in [0.05, 0.1) is 18.7 Å². The van der Waals surface area contributed by atoms with Gasteiger partial charge in [-0.05, 0) is 30.5 Å². The zero-order chi connectivity index (χ0) is 12.0. The molecule has 0 saturated carbocycles. The summed E-state index contributed by atoms with van der Waals surface area (Å²) in [6, 6.07) is 9.33. The summed E-state index contributed by atoms with van der Waals surface area (Å²) in [5, 5.41) is 8.63. The first-order valence-electron chi connectivity index (χ1n) is 4.92. The highest BCUT2D eigenvalue weighted by Gasteiger charge is 2.06. The number of esters is 1. The Labute approximate surface area is 95.0 Å². The normalized spacial score (nSPS) is 9.25. The molecule has 0 radical (unpaired) electrons. The zero-order valence-electron chi connectivity index (χ0n) is 9.19. The average molecular weight is 215 g/mol. The molecule has 3 nitrogen and oxygen atoms in total. The third kappa shape index (κ3) is 3.25. The van der Waals surface area contributed by atoms with Crippen molar-refractivity contribution in [1.82, 2.24) is 0 Å². The van der Waals surface area contributed by atoms with Crippen LogP contribution in [0.5, 0.6) is 0 Å². The first-order chi connectivity index (χ1) is 7.67. The van der Waals surface area contributed by atoms with Gasteiger partial charge in [-0.2, -0.15) is 5.26 Å². The number of rotatable bonds is 4. The highest BCUT2D eigenvalue weighted by atomic mass is 16.5. The van der Waals surface area contributed by atoms with Gasteiger partial charge in [-0.1, -0.05) is 18.7 Å². The second-order valence-electron chi connectivity index (χ2n) is 3.40. The van der Waals surface area contributed by atoms with Crippen LogP contribution in [0.25, 0.3) is 0 Å². The van der Waals surface area contributed by atoms with Gasteiger partial charge in [0.2, 0.25) is 0 Å². The van der Waals surface area contributed by atoms with E-state index in [9.17, 15) is 4.79 Å². The maximum atomic E-state index is 11.1. The zero-order valence-corrected chi connectivity index (χ0v) is 9.19. The molecule has 0 heterocycles. The van der Waals surface area contributed by atoms with Crippen LogP contribution in [-0.4, -0.2) is 13.1 Å². The number of nitriles is 1. The molecule has 0 aliphatic rings. The van der Waals surface area contributed by atoms with E-state index in [-0.39, 0.29) is 5.97 Å². The Morgan fingerprint density at radius 1 is 1.44 bits per heavy atom. The highest BCUT2D eigenvalue weighted by Crippen LogP contribution is 2.10. The molecule has 0 amide bonds. The second-order valence-corrected chi connectivity index (χ2v) is 3.40. The van der Waals surface area contributed by atoms with Crippen LogP contribution in [0.4, 0.5) is 0 Å². The lowest BCUT2D eigenvalue weighted by molar-refractivity contribution is -0.136. The van der Waals surface area contributed by atoms with Gasteiger partial charge >= 0.3 is 5.97 Å². The van der Waals surface area contributed by atoms with Gasteiger partial charge in [0.25, 0.3) is 0 Å². The summed E-state index contributed by atoms with van der Waals surface area (Å²) in [4.78, 5) is 11.1. The van der Waals surface area contributed by atoms with Crippen LogP contribution in [0.1, 0.15) is 17.5 Å². The lowest BCUT2D eigenvalue weighted by Gasteiger charge is -2.03. The third-order valence-electron chi connectivity index (χ3n) is 2.27. The molecule has 0 aromatic heterocycles. The molecule has 82 valence electrons. The molecule has 1 aromatic carbocycles. The van der Waals surface area contributed by atoms with Crippen LogP contribution in [0.3, 0.4) is 0 Å². The van der Waals surface area contributed by atoms with Crippen LogP contribution < -0.4 is 0 Å². The van der Waals surface area contributed by atoms with Crippen LogP contribution in [-0.2, 0) is 16.0 Å². The maximum absolute atomic E-state index is 11.1. The summed E-state index contributed by atoms with van der Waals surface area (Å²) < 4.78 is 4.56. The molecule has 1 rings (SSSR count). The molecule has 0 saturated heterocycles. The number of benzene rings is 1. The lowest BCUT2D eigenvalue weighted by Crippen LogP contribution is -2.04. The van der Waals surface area contributed by atoms with Gasteiger partial charge in [0.15, 0.2) is 0 Å². The minimum atomic E-state index is -0.367. The van der Waals surface area contributed by atoms with E-state index in [1.165, 1.54) is 7.11 Å². The Morgan fingerprint density at radius 2 is 2.06 bits per heavy atom. The van der Waals surface area contributed by atoms with Gasteiger partial charge in [0, 0.05) is 5.57 Å². The van der Waals surface area contributed by atoms with Crippen molar-refractivity contribution in [3.8, 4) is 6.07 Å². The van der Waals surface area contributed by atoms with Crippen molar-refractivity contribution in [2.24, 2.45) is 0 Å². The predicted octanol–water partition coefficient (Wildman–Crippen LogP) is 2.22. The Hall–Kier alpha value is -2.08. The van der Waals surface area contributed by atoms with Gasteiger partial charge in [0.1, 0.15) is 0 Å². The van der Waals surface area contributed by atoms with E-state index < -0.39 is 0 Å². The summed E-state index contributed by atoms with van der Waals surface area (Å²) in [5.41, 5.74) is 2.17. The topological polar surface area (TPSA) is 50.1 Å². The standard InChI is InChI=1S/C13H13NO2/c1-10(13(15)16-2)3-4-11-5-7-12(9-14)8-6-11/h5-8H,1,3-4H2,2H3. The molecule has 0 spiro atoms. The first kappa shape index (κ1) is 12.0. The second kappa shape index (κ2) is 5.72. The molecule has 3 heteroatoms. The van der Waals surface area contributed by atoms with E-state index in [2.05, 4.69) is 17.4 Å². The molecular formula is C13H13NO2. The molecule has 0 aliphatic heterocycles. The van der Waals surface area contributed by atoms with Crippen molar-refractivity contribution in [2.75, 3.05) is 7.11 Å². The lowest BCUT2D eigenvalue weighted by atomic mass is 10.0. The van der Waals surface area contributed by atoms with Crippen molar-refractivity contribution in [3.05, 3.63) is 47.5 Å². The van der Waals surface area contributed by atoms with E-state index in [0.29, 0.717) is 17.6 Å². The number of ether oxygens (including phenoxy) is 1. The predicted molar refractivity (Wildman–Crippen MR) is 60.6 cm³/mol. The highest BCUT2D eigenvalue weighted by molar-refractivity contribution is 5.87. The fourth-order valence-corrected chi connectivity index (χ4v) is 1.29. The molecule has 0 bridgehead atoms. The SMILES string of the molecule is C=C(CCc1ccc(C#N)cc1)C(=O)OC. The van der Waals surface area contributed by atoms with Crippen molar-refractivity contribution >= 4 is 5.97 Å². The molecule has 0 N–H and O–H groups in total. The van der Waals surface area contributed by atoms with Crippen LogP contribution in [0.15, 0.2) is 36.4 Å². The van der Waals surface area contributed by atoms with E-state index in [1.54, 1.807) is 12.1 Å². The molecule has 16 heavy (non-hydrogen) atoms. The van der Waals surface area contributed by atoms with Gasteiger partial charge < -0.3 is 4.74 Å². The monoisotopic (exact) mass is 215 g/mol. The molecule has 0 aliphatic carbocycles. The van der Waals surface area contributed by atoms with Crippen molar-refractivity contribution in [3.63, 3.8) is 0 Å². The molecule has 1 aromatic rings. The van der Waals surface area contributed by atoms with E-state index in [1.807, 2.05) is 12.1 Å². The summed E-state index contributed by atoms with van der Waals surface area (Å²) in [6.07, 6.45) is 1.29. The first-order valence-corrected chi connectivity index (χ1v) is 4.92. The van der Waals surface area contributed by atoms with E-state index >= 15 is 0 Å². The van der Waals surface area contributed by atoms with Crippen molar-refractivity contribution < 1.29 is 9.53 Å². The smallest absolute Gasteiger partial charge is 0.333 e. The Morgan fingerprint density at radius 3 is 2.56 bits per heavy atom. The summed E-state index contributed by atoms with van der Waals surface area (Å²) >= 11 is 0. The van der Waals surface area contributed by atoms with E-state index in [0.717, 1.165) is 12.0 Å². The number of nitrogens with zero attached hydrogens (tertiary/aromatic N) is 1. The van der Waals surface area contributed by atoms with Crippen LogP contribution in [0, 0.1) is 11.3 Å². The number of carbonyl (C=O) groups excluding carboxylic acids is 1. The molecule has 0 unspecified atom stereocenters. The number of hydrogen-bond donors (Lipinski definition) is 0. The fraction of sp³-hybridized carbons (Fsp3) is 0.231. The minimum Gasteiger partial charge on any atom is -0.466 e. The molecule has 0 fully saturated rings. The van der Waals surface area contributed by atoms with Crippen molar-refractivity contribution in [1.29, 1.82) is 5.26 Å². The van der Waals surface area contributed by atoms with Crippen LogP contribution >= 0.6 is 0 Å².